The Balaban J connectivity index is 2.43. The molecule has 4 heteroatoms. The highest BCUT2D eigenvalue weighted by molar-refractivity contribution is 5.29. The van der Waals surface area contributed by atoms with E-state index in [2.05, 4.69) is 5.10 Å². The van der Waals surface area contributed by atoms with Crippen molar-refractivity contribution in [3.8, 4) is 11.7 Å². The highest BCUT2D eigenvalue weighted by Gasteiger charge is 2.04. The van der Waals surface area contributed by atoms with Crippen LogP contribution in [0, 0.1) is 0 Å². The Morgan fingerprint density at radius 3 is 2.54 bits per heavy atom. The van der Waals surface area contributed by atoms with Crippen LogP contribution in [-0.4, -0.2) is 21.5 Å². The molecule has 0 bridgehead atoms. The standard InChI is InChI=1S/C9H11N3O/c1-11-9(13-2)7-8(10-11)12-5-3-4-6-12/h3-7H,1-2H3. The molecule has 0 atom stereocenters. The van der Waals surface area contributed by atoms with Crippen molar-refractivity contribution < 1.29 is 4.74 Å². The quantitative estimate of drug-likeness (QED) is 0.690. The van der Waals surface area contributed by atoms with Crippen LogP contribution in [0.15, 0.2) is 30.6 Å². The minimum atomic E-state index is 0.753. The van der Waals surface area contributed by atoms with Crippen LogP contribution < -0.4 is 4.74 Å². The monoisotopic (exact) mass is 177 g/mol. The summed E-state index contributed by atoms with van der Waals surface area (Å²) >= 11 is 0. The van der Waals surface area contributed by atoms with E-state index < -0.39 is 0 Å². The Bertz CT molecular complexity index is 389. The van der Waals surface area contributed by atoms with Crippen molar-refractivity contribution in [3.63, 3.8) is 0 Å². The predicted octanol–water partition coefficient (Wildman–Crippen LogP) is 1.22. The molecule has 0 aromatic carbocycles. The predicted molar refractivity (Wildman–Crippen MR) is 49.1 cm³/mol. The molecule has 0 saturated carbocycles. The highest BCUT2D eigenvalue weighted by atomic mass is 16.5. The van der Waals surface area contributed by atoms with Crippen molar-refractivity contribution in [1.82, 2.24) is 14.3 Å². The lowest BCUT2D eigenvalue weighted by Crippen LogP contribution is -1.96. The van der Waals surface area contributed by atoms with Gasteiger partial charge in [-0.2, -0.15) is 5.10 Å². The second-order valence-electron chi connectivity index (χ2n) is 2.76. The van der Waals surface area contributed by atoms with E-state index in [0.717, 1.165) is 11.7 Å². The van der Waals surface area contributed by atoms with Crippen LogP contribution in [0.25, 0.3) is 5.82 Å². The number of hydrogen-bond acceptors (Lipinski definition) is 2. The Kier molecular flexibility index (Phi) is 1.81. The van der Waals surface area contributed by atoms with Crippen LogP contribution in [0.3, 0.4) is 0 Å². The summed E-state index contributed by atoms with van der Waals surface area (Å²) < 4.78 is 8.75. The summed E-state index contributed by atoms with van der Waals surface area (Å²) in [5.74, 6) is 1.62. The van der Waals surface area contributed by atoms with E-state index in [1.165, 1.54) is 0 Å². The molecule has 2 rings (SSSR count). The topological polar surface area (TPSA) is 32.0 Å². The van der Waals surface area contributed by atoms with Crippen LogP contribution in [0.2, 0.25) is 0 Å². The lowest BCUT2D eigenvalue weighted by molar-refractivity contribution is 0.373. The lowest BCUT2D eigenvalue weighted by atomic mass is 10.6. The summed E-state index contributed by atoms with van der Waals surface area (Å²) in [5.41, 5.74) is 0. The number of rotatable bonds is 2. The molecule has 0 spiro atoms. The third kappa shape index (κ3) is 1.30. The van der Waals surface area contributed by atoms with E-state index in [-0.39, 0.29) is 0 Å². The minimum absolute atomic E-state index is 0.753. The highest BCUT2D eigenvalue weighted by Crippen LogP contribution is 2.14. The number of aryl methyl sites for hydroxylation is 1. The maximum absolute atomic E-state index is 5.11. The molecule has 68 valence electrons. The van der Waals surface area contributed by atoms with E-state index in [9.17, 15) is 0 Å². The normalized spacial score (nSPS) is 10.3. The van der Waals surface area contributed by atoms with Gasteiger partial charge >= 0.3 is 0 Å². The van der Waals surface area contributed by atoms with E-state index in [4.69, 9.17) is 4.74 Å². The fourth-order valence-corrected chi connectivity index (χ4v) is 1.24. The first kappa shape index (κ1) is 7.91. The molecule has 0 N–H and O–H groups in total. The summed E-state index contributed by atoms with van der Waals surface area (Å²) in [5, 5.41) is 4.28. The zero-order valence-electron chi connectivity index (χ0n) is 7.64. The summed E-state index contributed by atoms with van der Waals surface area (Å²) in [6, 6.07) is 5.81. The maximum Gasteiger partial charge on any atom is 0.213 e. The first-order valence-electron chi connectivity index (χ1n) is 4.02. The van der Waals surface area contributed by atoms with Crippen LogP contribution >= 0.6 is 0 Å². The Labute approximate surface area is 76.4 Å². The summed E-state index contributed by atoms with van der Waals surface area (Å²) in [7, 11) is 3.49. The average molecular weight is 177 g/mol. The molecule has 13 heavy (non-hydrogen) atoms. The second-order valence-corrected chi connectivity index (χ2v) is 2.76. The maximum atomic E-state index is 5.11. The van der Waals surface area contributed by atoms with E-state index in [0.29, 0.717) is 0 Å². The van der Waals surface area contributed by atoms with Crippen molar-refractivity contribution in [2.45, 2.75) is 0 Å². The number of hydrogen-bond donors (Lipinski definition) is 0. The van der Waals surface area contributed by atoms with E-state index in [1.807, 2.05) is 42.2 Å². The first-order chi connectivity index (χ1) is 6.31. The molecule has 0 aliphatic carbocycles. The molecule has 0 aliphatic rings. The second kappa shape index (κ2) is 2.97. The van der Waals surface area contributed by atoms with Gasteiger partial charge in [0.1, 0.15) is 0 Å². The van der Waals surface area contributed by atoms with Gasteiger partial charge in [0.05, 0.1) is 7.11 Å². The first-order valence-corrected chi connectivity index (χ1v) is 4.02. The molecule has 2 heterocycles. The van der Waals surface area contributed by atoms with Gasteiger partial charge in [-0.25, -0.2) is 4.68 Å². The Hall–Kier alpha value is -1.71. The third-order valence-electron chi connectivity index (χ3n) is 1.90. The fraction of sp³-hybridized carbons (Fsp3) is 0.222. The van der Waals surface area contributed by atoms with Crippen LogP contribution in [0.4, 0.5) is 0 Å². The van der Waals surface area contributed by atoms with Gasteiger partial charge in [0.2, 0.25) is 5.88 Å². The smallest absolute Gasteiger partial charge is 0.213 e. The fourth-order valence-electron chi connectivity index (χ4n) is 1.24. The van der Waals surface area contributed by atoms with Gasteiger partial charge in [-0.3, -0.25) is 0 Å². The van der Waals surface area contributed by atoms with Crippen LogP contribution in [0.1, 0.15) is 0 Å². The molecular weight excluding hydrogens is 166 g/mol. The van der Waals surface area contributed by atoms with Gasteiger partial charge in [0.25, 0.3) is 0 Å². The van der Waals surface area contributed by atoms with Crippen molar-refractivity contribution in [1.29, 1.82) is 0 Å². The minimum Gasteiger partial charge on any atom is -0.481 e. The number of nitrogens with zero attached hydrogens (tertiary/aromatic N) is 3. The number of aromatic nitrogens is 3. The largest absolute Gasteiger partial charge is 0.481 e. The molecule has 0 unspecified atom stereocenters. The van der Waals surface area contributed by atoms with Gasteiger partial charge in [0.15, 0.2) is 5.82 Å². The zero-order chi connectivity index (χ0) is 9.26. The molecule has 2 aromatic heterocycles. The SMILES string of the molecule is COc1cc(-n2cccc2)nn1C. The number of ether oxygens (including phenoxy) is 1. The molecule has 0 fully saturated rings. The van der Waals surface area contributed by atoms with Crippen LogP contribution in [-0.2, 0) is 7.05 Å². The lowest BCUT2D eigenvalue weighted by Gasteiger charge is -1.95. The van der Waals surface area contributed by atoms with Gasteiger partial charge in [-0.05, 0) is 12.1 Å². The van der Waals surface area contributed by atoms with Gasteiger partial charge < -0.3 is 9.30 Å². The van der Waals surface area contributed by atoms with Gasteiger partial charge in [-0.15, -0.1) is 0 Å². The zero-order valence-corrected chi connectivity index (χ0v) is 7.64. The van der Waals surface area contributed by atoms with Crippen molar-refractivity contribution >= 4 is 0 Å². The van der Waals surface area contributed by atoms with Crippen molar-refractivity contribution in [3.05, 3.63) is 30.6 Å². The van der Waals surface area contributed by atoms with Gasteiger partial charge in [0, 0.05) is 25.5 Å². The summed E-state index contributed by atoms with van der Waals surface area (Å²) in [4.78, 5) is 0. The van der Waals surface area contributed by atoms with Gasteiger partial charge in [-0.1, -0.05) is 0 Å². The molecular formula is C9H11N3O. The number of methoxy groups -OCH3 is 1. The van der Waals surface area contributed by atoms with Crippen molar-refractivity contribution in [2.24, 2.45) is 7.05 Å². The molecule has 0 saturated heterocycles. The molecule has 0 aliphatic heterocycles. The average Bonchev–Trinajstić information content (AvgIpc) is 2.71. The molecule has 4 nitrogen and oxygen atoms in total. The molecule has 0 radical (unpaired) electrons. The van der Waals surface area contributed by atoms with Crippen molar-refractivity contribution in [2.75, 3.05) is 7.11 Å². The Morgan fingerprint density at radius 1 is 1.31 bits per heavy atom. The summed E-state index contributed by atoms with van der Waals surface area (Å²) in [6.45, 7) is 0. The third-order valence-corrected chi connectivity index (χ3v) is 1.90. The summed E-state index contributed by atoms with van der Waals surface area (Å²) in [6.07, 6.45) is 3.89. The Morgan fingerprint density at radius 2 is 2.00 bits per heavy atom. The molecule has 0 amide bonds. The van der Waals surface area contributed by atoms with E-state index in [1.54, 1.807) is 11.8 Å². The van der Waals surface area contributed by atoms with E-state index >= 15 is 0 Å². The van der Waals surface area contributed by atoms with Crippen LogP contribution in [0.5, 0.6) is 5.88 Å². The molecule has 2 aromatic rings.